The molecule has 0 aromatic heterocycles. The van der Waals surface area contributed by atoms with Crippen LogP contribution in [-0.4, -0.2) is 67.1 Å². The molecule has 1 saturated heterocycles. The van der Waals surface area contributed by atoms with Gasteiger partial charge in [-0.3, -0.25) is 14.2 Å². The standard InChI is InChI=1S/C24H28F4N2O2/c25-13-17-14-29(15-17)10-11-32-21-6-3-18(4-7-21)23-22-8-5-20(31)12-19(22)2-1-9-30(23)16-24(26,27)28/h3-8,12,17,23,31H,1-2,9-11,13-16H2/t23-/m1/s1. The van der Waals surface area contributed by atoms with Gasteiger partial charge in [-0.15, -0.1) is 0 Å². The Bertz CT molecular complexity index is 898. The molecule has 2 aliphatic heterocycles. The van der Waals surface area contributed by atoms with Crippen molar-refractivity contribution in [3.63, 3.8) is 0 Å². The topological polar surface area (TPSA) is 35.9 Å². The van der Waals surface area contributed by atoms with Crippen LogP contribution < -0.4 is 4.74 Å². The Labute approximate surface area is 185 Å². The van der Waals surface area contributed by atoms with Crippen LogP contribution in [0.25, 0.3) is 0 Å². The minimum atomic E-state index is -4.30. The third kappa shape index (κ3) is 5.53. The number of ether oxygens (including phenoxy) is 1. The molecule has 32 heavy (non-hydrogen) atoms. The SMILES string of the molecule is Oc1ccc2c(c1)CCCN(CC(F)(F)F)[C@@H]2c1ccc(OCCN2CC(CF)C2)cc1. The highest BCUT2D eigenvalue weighted by Gasteiger charge is 2.36. The molecule has 2 aliphatic rings. The number of nitrogens with zero attached hydrogens (tertiary/aromatic N) is 2. The first-order chi connectivity index (χ1) is 15.3. The Morgan fingerprint density at radius 2 is 1.81 bits per heavy atom. The number of likely N-dealkylation sites (tertiary alicyclic amines) is 1. The van der Waals surface area contributed by atoms with Crippen LogP contribution in [0.3, 0.4) is 0 Å². The average Bonchev–Trinajstić information content (AvgIpc) is 2.87. The molecule has 4 rings (SSSR count). The van der Waals surface area contributed by atoms with Crippen molar-refractivity contribution in [3.05, 3.63) is 59.2 Å². The van der Waals surface area contributed by atoms with Gasteiger partial charge in [0.25, 0.3) is 0 Å². The molecule has 0 amide bonds. The monoisotopic (exact) mass is 452 g/mol. The lowest BCUT2D eigenvalue weighted by Crippen LogP contribution is -2.49. The number of halogens is 4. The minimum absolute atomic E-state index is 0.121. The lowest BCUT2D eigenvalue weighted by molar-refractivity contribution is -0.149. The van der Waals surface area contributed by atoms with Crippen LogP contribution in [0.2, 0.25) is 0 Å². The molecule has 174 valence electrons. The Morgan fingerprint density at radius 1 is 1.06 bits per heavy atom. The molecular weight excluding hydrogens is 424 g/mol. The van der Waals surface area contributed by atoms with Gasteiger partial charge in [-0.1, -0.05) is 18.2 Å². The maximum atomic E-state index is 13.3. The minimum Gasteiger partial charge on any atom is -0.508 e. The van der Waals surface area contributed by atoms with Gasteiger partial charge in [-0.2, -0.15) is 13.2 Å². The summed E-state index contributed by atoms with van der Waals surface area (Å²) < 4.78 is 58.3. The number of hydrogen-bond acceptors (Lipinski definition) is 4. The van der Waals surface area contributed by atoms with Gasteiger partial charge in [0, 0.05) is 25.6 Å². The average molecular weight is 452 g/mol. The van der Waals surface area contributed by atoms with Crippen LogP contribution in [0.4, 0.5) is 17.6 Å². The lowest BCUT2D eigenvalue weighted by atomic mass is 9.93. The van der Waals surface area contributed by atoms with Crippen LogP contribution in [0.15, 0.2) is 42.5 Å². The van der Waals surface area contributed by atoms with Crippen molar-refractivity contribution >= 4 is 0 Å². The Morgan fingerprint density at radius 3 is 2.50 bits per heavy atom. The maximum Gasteiger partial charge on any atom is 0.401 e. The van der Waals surface area contributed by atoms with Crippen LogP contribution in [0, 0.1) is 5.92 Å². The summed E-state index contributed by atoms with van der Waals surface area (Å²) in [6.45, 7) is 1.74. The van der Waals surface area contributed by atoms with Crippen molar-refractivity contribution in [2.45, 2.75) is 25.1 Å². The van der Waals surface area contributed by atoms with Gasteiger partial charge in [0.15, 0.2) is 0 Å². The predicted octanol–water partition coefficient (Wildman–Crippen LogP) is 4.57. The summed E-state index contributed by atoms with van der Waals surface area (Å²) in [5.74, 6) is 0.909. The van der Waals surface area contributed by atoms with E-state index in [1.807, 2.05) is 12.1 Å². The second-order valence-corrected chi connectivity index (χ2v) is 8.67. The molecule has 1 atom stereocenters. The van der Waals surface area contributed by atoms with Gasteiger partial charge in [-0.05, 0) is 60.3 Å². The lowest BCUT2D eigenvalue weighted by Gasteiger charge is -2.37. The second kappa shape index (κ2) is 9.67. The third-order valence-electron chi connectivity index (χ3n) is 6.18. The quantitative estimate of drug-likeness (QED) is 0.625. The van der Waals surface area contributed by atoms with E-state index in [-0.39, 0.29) is 18.3 Å². The number of benzene rings is 2. The van der Waals surface area contributed by atoms with Gasteiger partial charge >= 0.3 is 6.18 Å². The maximum absolute atomic E-state index is 13.3. The molecule has 0 spiro atoms. The van der Waals surface area contributed by atoms with E-state index >= 15 is 0 Å². The van der Waals surface area contributed by atoms with Crippen molar-refractivity contribution in [2.24, 2.45) is 5.92 Å². The molecule has 0 saturated carbocycles. The van der Waals surface area contributed by atoms with Gasteiger partial charge < -0.3 is 9.84 Å². The number of aryl methyl sites for hydroxylation is 1. The van der Waals surface area contributed by atoms with Crippen LogP contribution in [0.5, 0.6) is 11.5 Å². The highest BCUT2D eigenvalue weighted by molar-refractivity contribution is 5.43. The first kappa shape index (κ1) is 22.9. The van der Waals surface area contributed by atoms with E-state index in [1.165, 1.54) is 11.0 Å². The molecule has 1 fully saturated rings. The van der Waals surface area contributed by atoms with Crippen molar-refractivity contribution in [2.75, 3.05) is 46.0 Å². The third-order valence-corrected chi connectivity index (χ3v) is 6.18. The molecule has 4 nitrogen and oxygen atoms in total. The Kier molecular flexibility index (Phi) is 6.90. The van der Waals surface area contributed by atoms with E-state index in [4.69, 9.17) is 4.74 Å². The summed E-state index contributed by atoms with van der Waals surface area (Å²) in [5, 5.41) is 9.87. The largest absolute Gasteiger partial charge is 0.508 e. The molecule has 1 N–H and O–H groups in total. The summed E-state index contributed by atoms with van der Waals surface area (Å²) in [5.41, 5.74) is 2.42. The normalized spacial score (nSPS) is 20.4. The second-order valence-electron chi connectivity index (χ2n) is 8.67. The summed E-state index contributed by atoms with van der Waals surface area (Å²) in [6.07, 6.45) is -3.10. The molecule has 0 aliphatic carbocycles. The smallest absolute Gasteiger partial charge is 0.401 e. The van der Waals surface area contributed by atoms with E-state index in [9.17, 15) is 22.7 Å². The number of rotatable bonds is 7. The molecular formula is C24H28F4N2O2. The number of alkyl halides is 4. The fourth-order valence-electron chi connectivity index (χ4n) is 4.66. The van der Waals surface area contributed by atoms with Crippen molar-refractivity contribution < 1.29 is 27.4 Å². The van der Waals surface area contributed by atoms with Crippen molar-refractivity contribution in [1.82, 2.24) is 9.80 Å². The molecule has 2 heterocycles. The number of phenols is 1. The summed E-state index contributed by atoms with van der Waals surface area (Å²) >= 11 is 0. The first-order valence-electron chi connectivity index (χ1n) is 11.0. The Hall–Kier alpha value is -2.32. The number of fused-ring (bicyclic) bond motifs is 1. The molecule has 2 aromatic rings. The molecule has 0 bridgehead atoms. The highest BCUT2D eigenvalue weighted by atomic mass is 19.4. The summed E-state index contributed by atoms with van der Waals surface area (Å²) in [7, 11) is 0. The zero-order chi connectivity index (χ0) is 22.7. The van der Waals surface area contributed by atoms with Crippen molar-refractivity contribution in [3.8, 4) is 11.5 Å². The number of aromatic hydroxyl groups is 1. The molecule has 0 radical (unpaired) electrons. The molecule has 8 heteroatoms. The fourth-order valence-corrected chi connectivity index (χ4v) is 4.66. The van der Waals surface area contributed by atoms with Crippen LogP contribution in [0.1, 0.15) is 29.2 Å². The van der Waals surface area contributed by atoms with Gasteiger partial charge in [-0.25, -0.2) is 0 Å². The highest BCUT2D eigenvalue weighted by Crippen LogP contribution is 2.38. The van der Waals surface area contributed by atoms with E-state index in [1.54, 1.807) is 24.3 Å². The summed E-state index contributed by atoms with van der Waals surface area (Å²) in [4.78, 5) is 3.59. The Balaban J connectivity index is 1.49. The van der Waals surface area contributed by atoms with E-state index in [0.717, 1.165) is 36.3 Å². The summed E-state index contributed by atoms with van der Waals surface area (Å²) in [6, 6.07) is 11.6. The van der Waals surface area contributed by atoms with Crippen LogP contribution >= 0.6 is 0 Å². The van der Waals surface area contributed by atoms with E-state index < -0.39 is 18.8 Å². The number of hydrogen-bond donors (Lipinski definition) is 1. The molecule has 0 unspecified atom stereocenters. The predicted molar refractivity (Wildman–Crippen MR) is 114 cm³/mol. The van der Waals surface area contributed by atoms with E-state index in [2.05, 4.69) is 4.90 Å². The van der Waals surface area contributed by atoms with Gasteiger partial charge in [0.1, 0.15) is 18.1 Å². The van der Waals surface area contributed by atoms with Crippen LogP contribution in [-0.2, 0) is 6.42 Å². The molecule has 2 aromatic carbocycles. The van der Waals surface area contributed by atoms with Gasteiger partial charge in [0.05, 0.1) is 19.3 Å². The van der Waals surface area contributed by atoms with Gasteiger partial charge in [0.2, 0.25) is 0 Å². The first-order valence-corrected chi connectivity index (χ1v) is 11.0. The zero-order valence-electron chi connectivity index (χ0n) is 17.8. The van der Waals surface area contributed by atoms with E-state index in [0.29, 0.717) is 31.7 Å². The number of phenolic OH excluding ortho intramolecular Hbond substituents is 1. The zero-order valence-corrected chi connectivity index (χ0v) is 17.8. The van der Waals surface area contributed by atoms with Crippen molar-refractivity contribution in [1.29, 1.82) is 0 Å². The fraction of sp³-hybridized carbons (Fsp3) is 0.500.